The fourth-order valence-electron chi connectivity index (χ4n) is 1.73. The highest BCUT2D eigenvalue weighted by Gasteiger charge is 2.25. The van der Waals surface area contributed by atoms with Crippen LogP contribution in [0.15, 0.2) is 12.4 Å². The van der Waals surface area contributed by atoms with Crippen molar-refractivity contribution in [1.82, 2.24) is 9.55 Å². The normalized spacial score (nSPS) is 26.9. The van der Waals surface area contributed by atoms with Crippen LogP contribution in [0, 0.1) is 5.92 Å². The van der Waals surface area contributed by atoms with E-state index in [0.717, 1.165) is 31.3 Å². The van der Waals surface area contributed by atoms with Crippen molar-refractivity contribution in [2.45, 2.75) is 18.9 Å². The number of nitrogens with one attached hydrogen (secondary N) is 1. The zero-order valence-corrected chi connectivity index (χ0v) is 7.90. The molecule has 0 spiro atoms. The summed E-state index contributed by atoms with van der Waals surface area (Å²) in [6.45, 7) is 0.999. The first-order valence-electron chi connectivity index (χ1n) is 4.72. The van der Waals surface area contributed by atoms with Gasteiger partial charge in [-0.15, -0.1) is 0 Å². The molecular weight excluding hydrogens is 164 g/mol. The number of imidazole rings is 1. The summed E-state index contributed by atoms with van der Waals surface area (Å²) in [5.74, 6) is 1.69. The second kappa shape index (κ2) is 3.38. The maximum atomic E-state index is 5.70. The highest BCUT2D eigenvalue weighted by molar-refractivity contribution is 5.25. The van der Waals surface area contributed by atoms with Gasteiger partial charge >= 0.3 is 0 Å². The standard InChI is InChI=1S/C9H16N4/c1-13-3-2-11-9(13)12-6-7-4-8(10)5-7/h2-3,7-8H,4-6,10H2,1H3,(H,11,12). The fraction of sp³-hybridized carbons (Fsp3) is 0.667. The summed E-state index contributed by atoms with van der Waals surface area (Å²) in [5.41, 5.74) is 5.70. The van der Waals surface area contributed by atoms with Crippen LogP contribution in [0.4, 0.5) is 5.95 Å². The first-order valence-corrected chi connectivity index (χ1v) is 4.72. The third-order valence-corrected chi connectivity index (χ3v) is 2.64. The zero-order valence-electron chi connectivity index (χ0n) is 7.90. The monoisotopic (exact) mass is 180 g/mol. The lowest BCUT2D eigenvalue weighted by atomic mass is 9.81. The van der Waals surface area contributed by atoms with Crippen LogP contribution < -0.4 is 11.1 Å². The van der Waals surface area contributed by atoms with Crippen LogP contribution in [0.1, 0.15) is 12.8 Å². The number of nitrogens with two attached hydrogens (primary N) is 1. The van der Waals surface area contributed by atoms with Crippen LogP contribution in [-0.2, 0) is 7.05 Å². The first-order chi connectivity index (χ1) is 6.25. The van der Waals surface area contributed by atoms with E-state index < -0.39 is 0 Å². The van der Waals surface area contributed by atoms with E-state index in [1.54, 1.807) is 6.20 Å². The zero-order chi connectivity index (χ0) is 9.26. The fourth-order valence-corrected chi connectivity index (χ4v) is 1.73. The summed E-state index contributed by atoms with van der Waals surface area (Å²) in [7, 11) is 1.99. The Labute approximate surface area is 78.1 Å². The molecule has 72 valence electrons. The molecule has 0 atom stereocenters. The number of rotatable bonds is 3. The minimum atomic E-state index is 0.438. The maximum absolute atomic E-state index is 5.70. The predicted octanol–water partition coefficient (Wildman–Crippen LogP) is 0.569. The molecule has 1 aliphatic carbocycles. The molecule has 1 aliphatic rings. The molecule has 4 heteroatoms. The van der Waals surface area contributed by atoms with Gasteiger partial charge in [-0.25, -0.2) is 4.98 Å². The molecule has 13 heavy (non-hydrogen) atoms. The lowest BCUT2D eigenvalue weighted by molar-refractivity contribution is 0.279. The number of aromatic nitrogens is 2. The summed E-state index contributed by atoms with van der Waals surface area (Å²) in [5, 5.41) is 3.31. The van der Waals surface area contributed by atoms with E-state index in [0.29, 0.717) is 6.04 Å². The molecule has 1 fully saturated rings. The van der Waals surface area contributed by atoms with Crippen LogP contribution in [0.2, 0.25) is 0 Å². The molecule has 1 aromatic rings. The van der Waals surface area contributed by atoms with Crippen LogP contribution in [0.3, 0.4) is 0 Å². The van der Waals surface area contributed by atoms with Gasteiger partial charge in [0.2, 0.25) is 5.95 Å². The van der Waals surface area contributed by atoms with Crippen molar-refractivity contribution in [3.63, 3.8) is 0 Å². The Morgan fingerprint density at radius 3 is 3.00 bits per heavy atom. The molecule has 1 aromatic heterocycles. The predicted molar refractivity (Wildman–Crippen MR) is 52.4 cm³/mol. The van der Waals surface area contributed by atoms with E-state index in [2.05, 4.69) is 10.3 Å². The Hall–Kier alpha value is -1.03. The molecular formula is C9H16N4. The molecule has 3 N–H and O–H groups in total. The van der Waals surface area contributed by atoms with E-state index in [9.17, 15) is 0 Å². The van der Waals surface area contributed by atoms with Gasteiger partial charge in [0.25, 0.3) is 0 Å². The van der Waals surface area contributed by atoms with Gasteiger partial charge in [-0.05, 0) is 18.8 Å². The average molecular weight is 180 g/mol. The highest BCUT2D eigenvalue weighted by Crippen LogP contribution is 2.25. The Bertz CT molecular complexity index is 275. The summed E-state index contributed by atoms with van der Waals surface area (Å²) >= 11 is 0. The lowest BCUT2D eigenvalue weighted by Gasteiger charge is -2.32. The topological polar surface area (TPSA) is 55.9 Å². The molecule has 0 amide bonds. The maximum Gasteiger partial charge on any atom is 0.202 e. The lowest BCUT2D eigenvalue weighted by Crippen LogP contribution is -2.39. The van der Waals surface area contributed by atoms with Crippen molar-refractivity contribution in [2.24, 2.45) is 18.7 Å². The Morgan fingerprint density at radius 1 is 1.69 bits per heavy atom. The summed E-state index contributed by atoms with van der Waals surface area (Å²) in [4.78, 5) is 4.19. The minimum Gasteiger partial charge on any atom is -0.355 e. The molecule has 0 saturated heterocycles. The van der Waals surface area contributed by atoms with Crippen LogP contribution >= 0.6 is 0 Å². The molecule has 0 aromatic carbocycles. The minimum absolute atomic E-state index is 0.438. The summed E-state index contributed by atoms with van der Waals surface area (Å²) in [6.07, 6.45) is 6.04. The van der Waals surface area contributed by atoms with Crippen LogP contribution in [0.25, 0.3) is 0 Å². The van der Waals surface area contributed by atoms with Crippen LogP contribution in [-0.4, -0.2) is 22.1 Å². The van der Waals surface area contributed by atoms with Crippen LogP contribution in [0.5, 0.6) is 0 Å². The molecule has 0 unspecified atom stereocenters. The molecule has 1 saturated carbocycles. The third kappa shape index (κ3) is 1.83. The van der Waals surface area contributed by atoms with Gasteiger partial charge in [-0.3, -0.25) is 0 Å². The second-order valence-electron chi connectivity index (χ2n) is 3.84. The van der Waals surface area contributed by atoms with Crippen molar-refractivity contribution < 1.29 is 0 Å². The van der Waals surface area contributed by atoms with Crippen molar-refractivity contribution in [1.29, 1.82) is 0 Å². The average Bonchev–Trinajstić information content (AvgIpc) is 2.43. The van der Waals surface area contributed by atoms with E-state index in [1.165, 1.54) is 0 Å². The Morgan fingerprint density at radius 2 is 2.46 bits per heavy atom. The van der Waals surface area contributed by atoms with E-state index in [1.807, 2.05) is 17.8 Å². The van der Waals surface area contributed by atoms with Gasteiger partial charge in [-0.1, -0.05) is 0 Å². The Kier molecular flexibility index (Phi) is 2.22. The van der Waals surface area contributed by atoms with Gasteiger partial charge < -0.3 is 15.6 Å². The van der Waals surface area contributed by atoms with E-state index in [4.69, 9.17) is 5.73 Å². The molecule has 0 radical (unpaired) electrons. The largest absolute Gasteiger partial charge is 0.355 e. The van der Waals surface area contributed by atoms with Gasteiger partial charge in [0.05, 0.1) is 0 Å². The van der Waals surface area contributed by atoms with Crippen molar-refractivity contribution in [2.75, 3.05) is 11.9 Å². The number of hydrogen-bond acceptors (Lipinski definition) is 3. The number of anilines is 1. The van der Waals surface area contributed by atoms with Crippen molar-refractivity contribution in [3.8, 4) is 0 Å². The molecule has 0 aliphatic heterocycles. The number of hydrogen-bond donors (Lipinski definition) is 2. The Balaban J connectivity index is 1.77. The number of aryl methyl sites for hydroxylation is 1. The molecule has 2 rings (SSSR count). The van der Waals surface area contributed by atoms with Crippen molar-refractivity contribution >= 4 is 5.95 Å². The van der Waals surface area contributed by atoms with Gasteiger partial charge in [0.15, 0.2) is 0 Å². The SMILES string of the molecule is Cn1ccnc1NCC1CC(N)C1. The quantitative estimate of drug-likeness (QED) is 0.715. The van der Waals surface area contributed by atoms with E-state index >= 15 is 0 Å². The number of nitrogens with zero attached hydrogens (tertiary/aromatic N) is 2. The van der Waals surface area contributed by atoms with Gasteiger partial charge in [0.1, 0.15) is 0 Å². The van der Waals surface area contributed by atoms with E-state index in [-0.39, 0.29) is 0 Å². The third-order valence-electron chi connectivity index (χ3n) is 2.64. The highest BCUT2D eigenvalue weighted by atomic mass is 15.2. The summed E-state index contributed by atoms with van der Waals surface area (Å²) < 4.78 is 1.98. The molecule has 1 heterocycles. The summed E-state index contributed by atoms with van der Waals surface area (Å²) in [6, 6.07) is 0.438. The molecule has 4 nitrogen and oxygen atoms in total. The first kappa shape index (κ1) is 8.56. The molecule has 0 bridgehead atoms. The van der Waals surface area contributed by atoms with Crippen molar-refractivity contribution in [3.05, 3.63) is 12.4 Å². The second-order valence-corrected chi connectivity index (χ2v) is 3.84. The smallest absolute Gasteiger partial charge is 0.202 e. The van der Waals surface area contributed by atoms with Gasteiger partial charge in [0, 0.05) is 32.0 Å². The van der Waals surface area contributed by atoms with Gasteiger partial charge in [-0.2, -0.15) is 0 Å².